The van der Waals surface area contributed by atoms with Gasteiger partial charge in [0, 0.05) is 18.5 Å². The quantitative estimate of drug-likeness (QED) is 0.502. The molecule has 2 aromatic heterocycles. The number of pyridine rings is 1. The van der Waals surface area contributed by atoms with Crippen molar-refractivity contribution in [2.45, 2.75) is 5.16 Å². The van der Waals surface area contributed by atoms with Gasteiger partial charge in [0.05, 0.1) is 21.2 Å². The Morgan fingerprint density at radius 3 is 2.40 bits per heavy atom. The third-order valence-corrected chi connectivity index (χ3v) is 5.23. The minimum atomic E-state index is -0.265. The molecule has 25 heavy (non-hydrogen) atoms. The Balaban J connectivity index is 1.49. The number of hydrogen-bond donors (Lipinski definition) is 0. The van der Waals surface area contributed by atoms with Crippen LogP contribution >= 0.6 is 35.0 Å². The second-order valence-corrected chi connectivity index (χ2v) is 7.24. The molecule has 1 aromatic carbocycles. The number of hydrogen-bond acceptors (Lipinski definition) is 5. The van der Waals surface area contributed by atoms with Gasteiger partial charge in [-0.3, -0.25) is 18.9 Å². The summed E-state index contributed by atoms with van der Waals surface area (Å²) < 4.78 is 1.69. The first kappa shape index (κ1) is 16.4. The van der Waals surface area contributed by atoms with Crippen LogP contribution in [0.2, 0.25) is 10.0 Å². The molecule has 0 saturated heterocycles. The molecular formula is C16H10Cl2N4O2S. The molecule has 0 N–H and O–H groups in total. The maximum atomic E-state index is 12.3. The van der Waals surface area contributed by atoms with Gasteiger partial charge in [-0.25, -0.2) is 0 Å². The normalized spacial score (nSPS) is 13.8. The lowest BCUT2D eigenvalue weighted by Crippen LogP contribution is -2.31. The van der Waals surface area contributed by atoms with Crippen molar-refractivity contribution in [2.24, 2.45) is 0 Å². The summed E-state index contributed by atoms with van der Waals surface area (Å²) in [5.74, 6) is -0.0482. The summed E-state index contributed by atoms with van der Waals surface area (Å²) in [6.07, 6.45) is 1.67. The van der Waals surface area contributed by atoms with Gasteiger partial charge in [-0.15, -0.1) is 10.2 Å². The van der Waals surface area contributed by atoms with Crippen LogP contribution in [0.1, 0.15) is 20.7 Å². The minimum Gasteiger partial charge on any atom is -0.275 e. The maximum Gasteiger partial charge on any atom is 0.261 e. The highest BCUT2D eigenvalue weighted by molar-refractivity contribution is 7.99. The van der Waals surface area contributed by atoms with Crippen LogP contribution in [0.4, 0.5) is 0 Å². The SMILES string of the molecule is O=C1c2ccccc2C(=O)N1CCSc1nnc2c(Cl)cc(Cl)cn12. The largest absolute Gasteiger partial charge is 0.275 e. The van der Waals surface area contributed by atoms with Crippen molar-refractivity contribution in [1.29, 1.82) is 0 Å². The topological polar surface area (TPSA) is 67.6 Å². The highest BCUT2D eigenvalue weighted by atomic mass is 35.5. The molecule has 6 nitrogen and oxygen atoms in total. The lowest BCUT2D eigenvalue weighted by molar-refractivity contribution is 0.0664. The number of carbonyl (C=O) groups is 2. The van der Waals surface area contributed by atoms with Crippen molar-refractivity contribution >= 4 is 52.4 Å². The lowest BCUT2D eigenvalue weighted by atomic mass is 10.1. The van der Waals surface area contributed by atoms with Crippen molar-refractivity contribution in [3.8, 4) is 0 Å². The molecule has 0 unspecified atom stereocenters. The Morgan fingerprint density at radius 2 is 1.72 bits per heavy atom. The molecule has 0 fully saturated rings. The number of imide groups is 1. The van der Waals surface area contributed by atoms with Crippen molar-refractivity contribution in [3.05, 3.63) is 57.7 Å². The molecule has 9 heteroatoms. The van der Waals surface area contributed by atoms with E-state index < -0.39 is 0 Å². The third kappa shape index (κ3) is 2.78. The highest BCUT2D eigenvalue weighted by Crippen LogP contribution is 2.26. The van der Waals surface area contributed by atoms with Gasteiger partial charge in [0.15, 0.2) is 10.8 Å². The Labute approximate surface area is 156 Å². The fourth-order valence-corrected chi connectivity index (χ4v) is 4.01. The van der Waals surface area contributed by atoms with Gasteiger partial charge in [-0.05, 0) is 18.2 Å². The maximum absolute atomic E-state index is 12.3. The van der Waals surface area contributed by atoms with Crippen LogP contribution in [-0.2, 0) is 0 Å². The fraction of sp³-hybridized carbons (Fsp3) is 0.125. The van der Waals surface area contributed by atoms with Crippen molar-refractivity contribution < 1.29 is 9.59 Å². The number of fused-ring (bicyclic) bond motifs is 2. The predicted molar refractivity (Wildman–Crippen MR) is 95.5 cm³/mol. The van der Waals surface area contributed by atoms with Gasteiger partial charge in [0.2, 0.25) is 0 Å². The van der Waals surface area contributed by atoms with Crippen LogP contribution in [0, 0.1) is 0 Å². The first-order valence-electron chi connectivity index (χ1n) is 7.34. The molecule has 2 amide bonds. The molecule has 0 spiro atoms. The summed E-state index contributed by atoms with van der Waals surface area (Å²) in [6.45, 7) is 0.278. The molecule has 3 heterocycles. The van der Waals surface area contributed by atoms with Crippen LogP contribution in [0.25, 0.3) is 5.65 Å². The van der Waals surface area contributed by atoms with Crippen LogP contribution < -0.4 is 0 Å². The Kier molecular flexibility index (Phi) is 4.15. The van der Waals surface area contributed by atoms with Gasteiger partial charge in [0.25, 0.3) is 11.8 Å². The highest BCUT2D eigenvalue weighted by Gasteiger charge is 2.34. The second-order valence-electron chi connectivity index (χ2n) is 5.34. The van der Waals surface area contributed by atoms with Gasteiger partial charge in [-0.2, -0.15) is 0 Å². The summed E-state index contributed by atoms with van der Waals surface area (Å²) in [5, 5.41) is 9.58. The smallest absolute Gasteiger partial charge is 0.261 e. The van der Waals surface area contributed by atoms with Crippen LogP contribution in [-0.4, -0.2) is 43.6 Å². The molecule has 0 bridgehead atoms. The van der Waals surface area contributed by atoms with Gasteiger partial charge >= 0.3 is 0 Å². The van der Waals surface area contributed by atoms with Crippen molar-refractivity contribution in [1.82, 2.24) is 19.5 Å². The number of carbonyl (C=O) groups excluding carboxylic acids is 2. The lowest BCUT2D eigenvalue weighted by Gasteiger charge is -2.12. The van der Waals surface area contributed by atoms with E-state index in [-0.39, 0.29) is 18.4 Å². The van der Waals surface area contributed by atoms with E-state index in [0.717, 1.165) is 0 Å². The fourth-order valence-electron chi connectivity index (χ4n) is 2.67. The second kappa shape index (κ2) is 6.33. The van der Waals surface area contributed by atoms with Crippen LogP contribution in [0.15, 0.2) is 41.7 Å². The molecule has 0 saturated carbocycles. The average molecular weight is 393 g/mol. The van der Waals surface area contributed by atoms with Crippen LogP contribution in [0.3, 0.4) is 0 Å². The minimum absolute atomic E-state index is 0.265. The van der Waals surface area contributed by atoms with Crippen molar-refractivity contribution in [2.75, 3.05) is 12.3 Å². The van der Waals surface area contributed by atoms with Gasteiger partial charge in [-0.1, -0.05) is 47.1 Å². The van der Waals surface area contributed by atoms with E-state index in [1.807, 2.05) is 0 Å². The van der Waals surface area contributed by atoms with E-state index in [9.17, 15) is 9.59 Å². The molecular weight excluding hydrogens is 383 g/mol. The van der Waals surface area contributed by atoms with E-state index in [1.165, 1.54) is 16.7 Å². The molecule has 1 aliphatic heterocycles. The van der Waals surface area contributed by atoms with Gasteiger partial charge in [0.1, 0.15) is 0 Å². The molecule has 0 radical (unpaired) electrons. The number of rotatable bonds is 4. The number of halogens is 2. The average Bonchev–Trinajstić information content (AvgIpc) is 3.10. The first-order chi connectivity index (χ1) is 12.1. The number of nitrogens with zero attached hydrogens (tertiary/aromatic N) is 4. The zero-order valence-corrected chi connectivity index (χ0v) is 15.0. The van der Waals surface area contributed by atoms with E-state index in [1.54, 1.807) is 40.9 Å². The Hall–Kier alpha value is -2.09. The monoisotopic (exact) mass is 392 g/mol. The molecule has 0 aliphatic carbocycles. The number of aromatic nitrogens is 3. The zero-order valence-electron chi connectivity index (χ0n) is 12.6. The summed E-state index contributed by atoms with van der Waals surface area (Å²) in [5.41, 5.74) is 1.40. The van der Waals surface area contributed by atoms with E-state index in [0.29, 0.717) is 37.7 Å². The standard InChI is InChI=1S/C16H10Cl2N4O2S/c17-9-7-12(18)13-19-20-16(22(13)8-9)25-6-5-21-14(23)10-3-1-2-4-11(10)15(21)24/h1-4,7-8H,5-6H2. The summed E-state index contributed by atoms with van der Waals surface area (Å²) in [4.78, 5) is 25.9. The Morgan fingerprint density at radius 1 is 1.04 bits per heavy atom. The first-order valence-corrected chi connectivity index (χ1v) is 9.08. The van der Waals surface area contributed by atoms with E-state index in [4.69, 9.17) is 23.2 Å². The van der Waals surface area contributed by atoms with Crippen molar-refractivity contribution in [3.63, 3.8) is 0 Å². The molecule has 126 valence electrons. The number of benzene rings is 1. The molecule has 4 rings (SSSR count). The predicted octanol–water partition coefficient (Wildman–Crippen LogP) is 3.42. The number of thioether (sulfide) groups is 1. The van der Waals surface area contributed by atoms with E-state index >= 15 is 0 Å². The molecule has 0 atom stereocenters. The summed E-state index contributed by atoms with van der Waals surface area (Å²) in [6, 6.07) is 8.42. The van der Waals surface area contributed by atoms with Gasteiger partial charge < -0.3 is 0 Å². The molecule has 3 aromatic rings. The molecule has 1 aliphatic rings. The third-order valence-electron chi connectivity index (χ3n) is 3.82. The van der Waals surface area contributed by atoms with Crippen LogP contribution in [0.5, 0.6) is 0 Å². The summed E-state index contributed by atoms with van der Waals surface area (Å²) >= 11 is 13.5. The Bertz CT molecular complexity index is 986. The number of amides is 2. The van der Waals surface area contributed by atoms with E-state index in [2.05, 4.69) is 10.2 Å². The summed E-state index contributed by atoms with van der Waals surface area (Å²) in [7, 11) is 0. The zero-order chi connectivity index (χ0) is 17.6.